The molecule has 1 aliphatic rings. The van der Waals surface area contributed by atoms with Crippen LogP contribution in [0.5, 0.6) is 5.75 Å². The average Bonchev–Trinajstić information content (AvgIpc) is 2.72. The van der Waals surface area contributed by atoms with Crippen LogP contribution in [0.15, 0.2) is 30.3 Å². The first-order valence-electron chi connectivity index (χ1n) is 6.04. The van der Waals surface area contributed by atoms with E-state index in [9.17, 15) is 4.79 Å². The Morgan fingerprint density at radius 1 is 1.25 bits per heavy atom. The highest BCUT2D eigenvalue weighted by atomic mass is 16.5. The molecule has 0 aromatic heterocycles. The summed E-state index contributed by atoms with van der Waals surface area (Å²) in [6.45, 7) is 0.759. The third-order valence-corrected chi connectivity index (χ3v) is 3.12. The fourth-order valence-corrected chi connectivity index (χ4v) is 2.22. The lowest BCUT2D eigenvalue weighted by Gasteiger charge is -2.09. The summed E-state index contributed by atoms with van der Waals surface area (Å²) >= 11 is 0. The van der Waals surface area contributed by atoms with Gasteiger partial charge in [-0.1, -0.05) is 18.2 Å². The number of carbonyl (C=O) groups is 1. The van der Waals surface area contributed by atoms with Gasteiger partial charge in [-0.15, -0.1) is 0 Å². The molecule has 1 atom stereocenters. The average molecular weight is 218 g/mol. The summed E-state index contributed by atoms with van der Waals surface area (Å²) in [5.74, 6) is 1.99. The second-order valence-electron chi connectivity index (χ2n) is 4.45. The number of para-hydroxylation sites is 1. The Morgan fingerprint density at radius 2 is 2.06 bits per heavy atom. The molecule has 2 nitrogen and oxygen atoms in total. The number of hydrogen-bond acceptors (Lipinski definition) is 2. The van der Waals surface area contributed by atoms with Crippen molar-refractivity contribution >= 4 is 5.78 Å². The molecular weight excluding hydrogens is 200 g/mol. The second kappa shape index (κ2) is 5.69. The van der Waals surface area contributed by atoms with E-state index in [0.29, 0.717) is 11.7 Å². The number of carbonyl (C=O) groups excluding carboxylic acids is 1. The van der Waals surface area contributed by atoms with Crippen molar-refractivity contribution in [3.8, 4) is 5.75 Å². The maximum absolute atomic E-state index is 11.1. The summed E-state index contributed by atoms with van der Waals surface area (Å²) in [4.78, 5) is 11.1. The van der Waals surface area contributed by atoms with E-state index >= 15 is 0 Å². The molecule has 0 saturated heterocycles. The van der Waals surface area contributed by atoms with Crippen LogP contribution in [0.3, 0.4) is 0 Å². The molecule has 0 bridgehead atoms. The van der Waals surface area contributed by atoms with Crippen LogP contribution in [0.2, 0.25) is 0 Å². The van der Waals surface area contributed by atoms with Crippen molar-refractivity contribution in [1.82, 2.24) is 0 Å². The zero-order chi connectivity index (χ0) is 11.2. The predicted octanol–water partition coefficient (Wildman–Crippen LogP) is 3.21. The monoisotopic (exact) mass is 218 g/mol. The summed E-state index contributed by atoms with van der Waals surface area (Å²) in [7, 11) is 0. The highest BCUT2D eigenvalue weighted by Crippen LogP contribution is 2.26. The van der Waals surface area contributed by atoms with Crippen molar-refractivity contribution in [3.05, 3.63) is 30.3 Å². The van der Waals surface area contributed by atoms with Crippen LogP contribution >= 0.6 is 0 Å². The van der Waals surface area contributed by atoms with E-state index in [4.69, 9.17) is 4.74 Å². The lowest BCUT2D eigenvalue weighted by molar-refractivity contribution is -0.117. The van der Waals surface area contributed by atoms with Crippen LogP contribution in [0.1, 0.15) is 32.1 Å². The Kier molecular flexibility index (Phi) is 3.97. The van der Waals surface area contributed by atoms with Gasteiger partial charge in [0.05, 0.1) is 6.61 Å². The Hall–Kier alpha value is -1.31. The maximum atomic E-state index is 11.1. The van der Waals surface area contributed by atoms with E-state index in [2.05, 4.69) is 0 Å². The first-order chi connectivity index (χ1) is 7.84. The molecule has 1 fully saturated rings. The summed E-state index contributed by atoms with van der Waals surface area (Å²) in [5.41, 5.74) is 0. The number of benzene rings is 1. The maximum Gasteiger partial charge on any atom is 0.133 e. The van der Waals surface area contributed by atoms with Gasteiger partial charge in [0.15, 0.2) is 0 Å². The Bertz CT molecular complexity index is 332. The highest BCUT2D eigenvalue weighted by molar-refractivity contribution is 5.80. The zero-order valence-electron chi connectivity index (χ0n) is 9.52. The summed E-state index contributed by atoms with van der Waals surface area (Å²) < 4.78 is 5.61. The van der Waals surface area contributed by atoms with Crippen molar-refractivity contribution < 1.29 is 9.53 Å². The minimum Gasteiger partial charge on any atom is -0.494 e. The molecule has 1 aromatic carbocycles. The fourth-order valence-electron chi connectivity index (χ4n) is 2.22. The van der Waals surface area contributed by atoms with Gasteiger partial charge in [-0.25, -0.2) is 0 Å². The quantitative estimate of drug-likeness (QED) is 0.709. The largest absolute Gasteiger partial charge is 0.494 e. The number of rotatable bonds is 5. The van der Waals surface area contributed by atoms with Gasteiger partial charge in [-0.05, 0) is 37.3 Å². The van der Waals surface area contributed by atoms with Gasteiger partial charge in [0, 0.05) is 12.8 Å². The molecule has 0 aliphatic heterocycles. The van der Waals surface area contributed by atoms with Gasteiger partial charge in [0.2, 0.25) is 0 Å². The molecule has 0 radical (unpaired) electrons. The third kappa shape index (κ3) is 3.37. The number of ketones is 1. The van der Waals surface area contributed by atoms with E-state index in [-0.39, 0.29) is 0 Å². The van der Waals surface area contributed by atoms with Gasteiger partial charge in [-0.2, -0.15) is 0 Å². The van der Waals surface area contributed by atoms with Crippen LogP contribution in [0, 0.1) is 5.92 Å². The first-order valence-corrected chi connectivity index (χ1v) is 6.04. The normalized spacial score (nSPS) is 20.0. The second-order valence-corrected chi connectivity index (χ2v) is 4.45. The summed E-state index contributed by atoms with van der Waals surface area (Å²) in [6.07, 6.45) is 4.85. The lowest BCUT2D eigenvalue weighted by Crippen LogP contribution is -2.01. The van der Waals surface area contributed by atoms with Crippen LogP contribution in [0.25, 0.3) is 0 Å². The van der Waals surface area contributed by atoms with Crippen molar-refractivity contribution in [3.63, 3.8) is 0 Å². The molecule has 2 heteroatoms. The standard InChI is InChI=1S/C14H18O2/c15-13-9-8-12(11-13)5-4-10-16-14-6-2-1-3-7-14/h1-3,6-7,12H,4-5,8-11H2. The van der Waals surface area contributed by atoms with Crippen LogP contribution < -0.4 is 4.74 Å². The van der Waals surface area contributed by atoms with Gasteiger partial charge in [-0.3, -0.25) is 4.79 Å². The predicted molar refractivity (Wildman–Crippen MR) is 63.5 cm³/mol. The van der Waals surface area contributed by atoms with E-state index in [1.807, 2.05) is 30.3 Å². The third-order valence-electron chi connectivity index (χ3n) is 3.12. The van der Waals surface area contributed by atoms with Gasteiger partial charge < -0.3 is 4.74 Å². The summed E-state index contributed by atoms with van der Waals surface area (Å²) in [6, 6.07) is 9.88. The van der Waals surface area contributed by atoms with E-state index in [1.165, 1.54) is 0 Å². The van der Waals surface area contributed by atoms with Crippen LogP contribution in [-0.4, -0.2) is 12.4 Å². The topological polar surface area (TPSA) is 26.3 Å². The smallest absolute Gasteiger partial charge is 0.133 e. The molecule has 0 N–H and O–H groups in total. The Balaban J connectivity index is 1.60. The van der Waals surface area contributed by atoms with E-state index in [0.717, 1.165) is 44.5 Å². The molecule has 1 unspecified atom stereocenters. The van der Waals surface area contributed by atoms with Crippen molar-refractivity contribution in [1.29, 1.82) is 0 Å². The minimum atomic E-state index is 0.439. The minimum absolute atomic E-state index is 0.439. The fraction of sp³-hybridized carbons (Fsp3) is 0.500. The molecule has 0 heterocycles. The molecule has 16 heavy (non-hydrogen) atoms. The molecule has 0 amide bonds. The van der Waals surface area contributed by atoms with Gasteiger partial charge >= 0.3 is 0 Å². The van der Waals surface area contributed by atoms with Crippen molar-refractivity contribution in [2.75, 3.05) is 6.61 Å². The number of Topliss-reactive ketones (excluding diaryl/α,β-unsaturated/α-hetero) is 1. The highest BCUT2D eigenvalue weighted by Gasteiger charge is 2.21. The molecule has 1 aromatic rings. The van der Waals surface area contributed by atoms with Gasteiger partial charge in [0.25, 0.3) is 0 Å². The van der Waals surface area contributed by atoms with Crippen LogP contribution in [0.4, 0.5) is 0 Å². The Labute approximate surface area is 96.6 Å². The first kappa shape index (κ1) is 11.2. The Morgan fingerprint density at radius 3 is 2.75 bits per heavy atom. The van der Waals surface area contributed by atoms with Crippen LogP contribution in [-0.2, 0) is 4.79 Å². The molecular formula is C14H18O2. The molecule has 0 spiro atoms. The van der Waals surface area contributed by atoms with E-state index in [1.54, 1.807) is 0 Å². The van der Waals surface area contributed by atoms with Crippen molar-refractivity contribution in [2.24, 2.45) is 5.92 Å². The summed E-state index contributed by atoms with van der Waals surface area (Å²) in [5, 5.41) is 0. The lowest BCUT2D eigenvalue weighted by atomic mass is 10.0. The number of hydrogen-bond donors (Lipinski definition) is 0. The SMILES string of the molecule is O=C1CCC(CCCOc2ccccc2)C1. The van der Waals surface area contributed by atoms with Gasteiger partial charge in [0.1, 0.15) is 11.5 Å². The molecule has 1 saturated carbocycles. The van der Waals surface area contributed by atoms with Crippen molar-refractivity contribution in [2.45, 2.75) is 32.1 Å². The van der Waals surface area contributed by atoms with E-state index < -0.39 is 0 Å². The number of ether oxygens (including phenoxy) is 1. The zero-order valence-corrected chi connectivity index (χ0v) is 9.52. The molecule has 1 aliphatic carbocycles. The molecule has 2 rings (SSSR count). The molecule has 86 valence electrons.